The third-order valence-corrected chi connectivity index (χ3v) is 3.71. The third kappa shape index (κ3) is 3.09. The molecule has 0 radical (unpaired) electrons. The number of likely N-dealkylation sites (tertiary alicyclic amines) is 1. The van der Waals surface area contributed by atoms with E-state index in [1.54, 1.807) is 6.07 Å². The second kappa shape index (κ2) is 6.29. The fourth-order valence-electron chi connectivity index (χ4n) is 2.40. The first-order valence-electron chi connectivity index (χ1n) is 6.27. The van der Waals surface area contributed by atoms with Crippen molar-refractivity contribution in [2.24, 2.45) is 0 Å². The van der Waals surface area contributed by atoms with Crippen molar-refractivity contribution in [1.29, 1.82) is 0 Å². The lowest BCUT2D eigenvalue weighted by Crippen LogP contribution is -2.36. The zero-order chi connectivity index (χ0) is 13.0. The van der Waals surface area contributed by atoms with E-state index in [0.29, 0.717) is 10.3 Å². The van der Waals surface area contributed by atoms with Gasteiger partial charge in [-0.15, -0.1) is 0 Å². The van der Waals surface area contributed by atoms with Crippen LogP contribution in [-0.2, 0) is 0 Å². The smallest absolute Gasteiger partial charge is 0.272 e. The van der Waals surface area contributed by atoms with Gasteiger partial charge in [-0.25, -0.2) is 4.98 Å². The minimum Gasteiger partial charge on any atom is -0.396 e. The molecule has 1 aliphatic rings. The SMILES string of the molecule is O=C(c1cccc(Br)n1)N1CCCC1CCCO. The Morgan fingerprint density at radius 3 is 3.11 bits per heavy atom. The Labute approximate surface area is 115 Å². The number of carbonyl (C=O) groups excluding carboxylic acids is 1. The fourth-order valence-corrected chi connectivity index (χ4v) is 2.75. The summed E-state index contributed by atoms with van der Waals surface area (Å²) in [5, 5.41) is 8.88. The number of pyridine rings is 1. The highest BCUT2D eigenvalue weighted by molar-refractivity contribution is 9.10. The maximum absolute atomic E-state index is 12.4. The van der Waals surface area contributed by atoms with Gasteiger partial charge in [-0.05, 0) is 53.7 Å². The molecule has 1 aliphatic heterocycles. The molecule has 0 saturated carbocycles. The topological polar surface area (TPSA) is 53.4 Å². The molecule has 1 unspecified atom stereocenters. The fraction of sp³-hybridized carbons (Fsp3) is 0.538. The van der Waals surface area contributed by atoms with Gasteiger partial charge in [0, 0.05) is 19.2 Å². The van der Waals surface area contributed by atoms with E-state index >= 15 is 0 Å². The molecule has 0 aromatic carbocycles. The Morgan fingerprint density at radius 2 is 2.39 bits per heavy atom. The van der Waals surface area contributed by atoms with Crippen LogP contribution in [0.5, 0.6) is 0 Å². The number of amides is 1. The third-order valence-electron chi connectivity index (χ3n) is 3.27. The normalized spacial score (nSPS) is 19.2. The first kappa shape index (κ1) is 13.5. The molecule has 0 spiro atoms. The van der Waals surface area contributed by atoms with Crippen molar-refractivity contribution in [2.75, 3.05) is 13.2 Å². The summed E-state index contributed by atoms with van der Waals surface area (Å²) in [5.41, 5.74) is 0.486. The maximum atomic E-state index is 12.4. The van der Waals surface area contributed by atoms with Crippen molar-refractivity contribution < 1.29 is 9.90 Å². The summed E-state index contributed by atoms with van der Waals surface area (Å²) < 4.78 is 0.680. The van der Waals surface area contributed by atoms with Gasteiger partial charge < -0.3 is 10.0 Å². The van der Waals surface area contributed by atoms with Crippen LogP contribution in [0.3, 0.4) is 0 Å². The van der Waals surface area contributed by atoms with Gasteiger partial charge in [0.2, 0.25) is 0 Å². The molecule has 1 aromatic heterocycles. The van der Waals surface area contributed by atoms with E-state index in [2.05, 4.69) is 20.9 Å². The van der Waals surface area contributed by atoms with E-state index < -0.39 is 0 Å². The summed E-state index contributed by atoms with van der Waals surface area (Å²) in [7, 11) is 0. The van der Waals surface area contributed by atoms with Gasteiger partial charge in [-0.1, -0.05) is 6.07 Å². The van der Waals surface area contributed by atoms with Crippen LogP contribution in [-0.4, -0.2) is 40.1 Å². The summed E-state index contributed by atoms with van der Waals surface area (Å²) in [5.74, 6) is -0.00302. The van der Waals surface area contributed by atoms with Crippen LogP contribution in [0.25, 0.3) is 0 Å². The molecule has 2 rings (SSSR count). The molecule has 98 valence electrons. The number of aliphatic hydroxyl groups is 1. The van der Waals surface area contributed by atoms with Gasteiger partial charge in [-0.2, -0.15) is 0 Å². The van der Waals surface area contributed by atoms with Crippen molar-refractivity contribution in [3.8, 4) is 0 Å². The Morgan fingerprint density at radius 1 is 1.56 bits per heavy atom. The largest absolute Gasteiger partial charge is 0.396 e. The molecule has 5 heteroatoms. The van der Waals surface area contributed by atoms with E-state index in [1.165, 1.54) is 0 Å². The van der Waals surface area contributed by atoms with Crippen molar-refractivity contribution in [1.82, 2.24) is 9.88 Å². The second-order valence-corrected chi connectivity index (χ2v) is 5.32. The van der Waals surface area contributed by atoms with Crippen LogP contribution in [0.4, 0.5) is 0 Å². The molecule has 1 N–H and O–H groups in total. The van der Waals surface area contributed by atoms with Gasteiger partial charge >= 0.3 is 0 Å². The number of carbonyl (C=O) groups is 1. The van der Waals surface area contributed by atoms with E-state index in [4.69, 9.17) is 5.11 Å². The van der Waals surface area contributed by atoms with Crippen molar-refractivity contribution in [3.05, 3.63) is 28.5 Å². The minimum atomic E-state index is -0.00302. The zero-order valence-corrected chi connectivity index (χ0v) is 11.8. The highest BCUT2D eigenvalue weighted by Crippen LogP contribution is 2.23. The van der Waals surface area contributed by atoms with Gasteiger partial charge in [0.15, 0.2) is 0 Å². The summed E-state index contributed by atoms with van der Waals surface area (Å²) in [6.45, 7) is 0.983. The molecule has 1 atom stereocenters. The number of halogens is 1. The first-order valence-corrected chi connectivity index (χ1v) is 7.06. The quantitative estimate of drug-likeness (QED) is 0.867. The average Bonchev–Trinajstić information content (AvgIpc) is 2.83. The van der Waals surface area contributed by atoms with Crippen LogP contribution >= 0.6 is 15.9 Å². The summed E-state index contributed by atoms with van der Waals surface area (Å²) >= 11 is 3.28. The van der Waals surface area contributed by atoms with Crippen LogP contribution in [0.15, 0.2) is 22.8 Å². The number of rotatable bonds is 4. The number of hydrogen-bond acceptors (Lipinski definition) is 3. The lowest BCUT2D eigenvalue weighted by atomic mass is 10.1. The predicted molar refractivity (Wildman–Crippen MR) is 72.3 cm³/mol. The Hall–Kier alpha value is -0.940. The van der Waals surface area contributed by atoms with E-state index in [-0.39, 0.29) is 18.6 Å². The second-order valence-electron chi connectivity index (χ2n) is 4.51. The van der Waals surface area contributed by atoms with E-state index in [1.807, 2.05) is 17.0 Å². The number of hydrogen-bond donors (Lipinski definition) is 1. The van der Waals surface area contributed by atoms with E-state index in [9.17, 15) is 4.79 Å². The molecule has 4 nitrogen and oxygen atoms in total. The summed E-state index contributed by atoms with van der Waals surface area (Å²) in [4.78, 5) is 18.5. The van der Waals surface area contributed by atoms with Crippen molar-refractivity contribution in [3.63, 3.8) is 0 Å². The van der Waals surface area contributed by atoms with Crippen LogP contribution in [0, 0.1) is 0 Å². The van der Waals surface area contributed by atoms with Gasteiger partial charge in [0.25, 0.3) is 5.91 Å². The standard InChI is InChI=1S/C13H17BrN2O2/c14-12-7-1-6-11(15-12)13(18)16-8-2-4-10(16)5-3-9-17/h1,6-7,10,17H,2-5,8-9H2. The highest BCUT2D eigenvalue weighted by atomic mass is 79.9. The minimum absolute atomic E-state index is 0.00302. The summed E-state index contributed by atoms with van der Waals surface area (Å²) in [6.07, 6.45) is 3.69. The molecule has 18 heavy (non-hydrogen) atoms. The van der Waals surface area contributed by atoms with Gasteiger partial charge in [-0.3, -0.25) is 4.79 Å². The molecule has 1 aromatic rings. The predicted octanol–water partition coefficient (Wildman–Crippen LogP) is 2.22. The number of nitrogens with zero attached hydrogens (tertiary/aromatic N) is 2. The Kier molecular flexibility index (Phi) is 4.72. The molecule has 1 saturated heterocycles. The van der Waals surface area contributed by atoms with Crippen LogP contribution in [0.2, 0.25) is 0 Å². The molecule has 0 bridgehead atoms. The lowest BCUT2D eigenvalue weighted by Gasteiger charge is -2.24. The average molecular weight is 313 g/mol. The molecule has 0 aliphatic carbocycles. The van der Waals surface area contributed by atoms with E-state index in [0.717, 1.165) is 32.2 Å². The number of aliphatic hydroxyl groups excluding tert-OH is 1. The molecular formula is C13H17BrN2O2. The Bertz CT molecular complexity index is 425. The summed E-state index contributed by atoms with van der Waals surface area (Å²) in [6, 6.07) is 5.63. The molecule has 1 fully saturated rings. The van der Waals surface area contributed by atoms with Gasteiger partial charge in [0.1, 0.15) is 10.3 Å². The lowest BCUT2D eigenvalue weighted by molar-refractivity contribution is 0.0718. The zero-order valence-electron chi connectivity index (χ0n) is 10.2. The van der Waals surface area contributed by atoms with Crippen LogP contribution < -0.4 is 0 Å². The van der Waals surface area contributed by atoms with Crippen molar-refractivity contribution >= 4 is 21.8 Å². The molecular weight excluding hydrogens is 296 g/mol. The maximum Gasteiger partial charge on any atom is 0.272 e. The molecule has 2 heterocycles. The highest BCUT2D eigenvalue weighted by Gasteiger charge is 2.29. The molecule has 1 amide bonds. The Balaban J connectivity index is 2.08. The van der Waals surface area contributed by atoms with Crippen molar-refractivity contribution in [2.45, 2.75) is 31.7 Å². The number of aromatic nitrogens is 1. The monoisotopic (exact) mass is 312 g/mol. The first-order chi connectivity index (χ1) is 8.72. The van der Waals surface area contributed by atoms with Gasteiger partial charge in [0.05, 0.1) is 0 Å². The van der Waals surface area contributed by atoms with Crippen LogP contribution in [0.1, 0.15) is 36.2 Å².